The molecule has 0 saturated heterocycles. The van der Waals surface area contributed by atoms with Gasteiger partial charge in [-0.15, -0.1) is 0 Å². The van der Waals surface area contributed by atoms with Crippen molar-refractivity contribution in [3.63, 3.8) is 0 Å². The van der Waals surface area contributed by atoms with Crippen molar-refractivity contribution in [2.24, 2.45) is 10.7 Å². The SMILES string of the molecule is COc1ccc(CCN=C(N)SCc2cc(Cl)cc3c2OCOC3)cc1OC. The van der Waals surface area contributed by atoms with E-state index in [2.05, 4.69) is 4.99 Å². The maximum absolute atomic E-state index is 6.19. The summed E-state index contributed by atoms with van der Waals surface area (Å²) in [5.74, 6) is 2.89. The van der Waals surface area contributed by atoms with Crippen molar-refractivity contribution in [1.82, 2.24) is 0 Å². The summed E-state index contributed by atoms with van der Waals surface area (Å²) >= 11 is 7.66. The third-order valence-corrected chi connectivity index (χ3v) is 5.34. The lowest BCUT2D eigenvalue weighted by Crippen LogP contribution is -2.14. The zero-order valence-corrected chi connectivity index (χ0v) is 17.4. The van der Waals surface area contributed by atoms with Crippen molar-refractivity contribution >= 4 is 28.5 Å². The molecule has 2 N–H and O–H groups in total. The Balaban J connectivity index is 1.56. The summed E-state index contributed by atoms with van der Waals surface area (Å²) in [4.78, 5) is 4.45. The molecule has 150 valence electrons. The van der Waals surface area contributed by atoms with Crippen LogP contribution in [-0.4, -0.2) is 32.7 Å². The first-order chi connectivity index (χ1) is 13.6. The van der Waals surface area contributed by atoms with Gasteiger partial charge in [0.05, 0.1) is 20.8 Å². The molecular formula is C20H23ClN2O4S. The molecule has 8 heteroatoms. The fourth-order valence-electron chi connectivity index (χ4n) is 2.89. The maximum Gasteiger partial charge on any atom is 0.189 e. The summed E-state index contributed by atoms with van der Waals surface area (Å²) in [5.41, 5.74) is 9.13. The second-order valence-electron chi connectivity index (χ2n) is 6.11. The number of thioether (sulfide) groups is 1. The molecule has 0 bridgehead atoms. The zero-order chi connectivity index (χ0) is 19.9. The summed E-state index contributed by atoms with van der Waals surface area (Å²) < 4.78 is 21.5. The number of halogens is 1. The van der Waals surface area contributed by atoms with Crippen LogP contribution in [-0.2, 0) is 23.5 Å². The number of hydrogen-bond donors (Lipinski definition) is 1. The van der Waals surface area contributed by atoms with Gasteiger partial charge >= 0.3 is 0 Å². The second kappa shape index (κ2) is 9.91. The van der Waals surface area contributed by atoms with E-state index >= 15 is 0 Å². The molecule has 0 amide bonds. The number of ether oxygens (including phenoxy) is 4. The van der Waals surface area contributed by atoms with E-state index in [1.807, 2.05) is 30.3 Å². The number of fused-ring (bicyclic) bond motifs is 1. The molecule has 6 nitrogen and oxygen atoms in total. The molecule has 2 aromatic rings. The van der Waals surface area contributed by atoms with Crippen LogP contribution in [0.3, 0.4) is 0 Å². The highest BCUT2D eigenvalue weighted by molar-refractivity contribution is 8.13. The predicted molar refractivity (Wildman–Crippen MR) is 113 cm³/mol. The number of nitrogens with zero attached hydrogens (tertiary/aromatic N) is 1. The number of aliphatic imine (C=N–C) groups is 1. The van der Waals surface area contributed by atoms with E-state index in [9.17, 15) is 0 Å². The summed E-state index contributed by atoms with van der Waals surface area (Å²) in [6, 6.07) is 9.61. The van der Waals surface area contributed by atoms with E-state index in [1.54, 1.807) is 14.2 Å². The summed E-state index contributed by atoms with van der Waals surface area (Å²) in [5, 5.41) is 1.19. The van der Waals surface area contributed by atoms with Gasteiger partial charge in [-0.2, -0.15) is 0 Å². The van der Waals surface area contributed by atoms with Crippen molar-refractivity contribution in [1.29, 1.82) is 0 Å². The van der Waals surface area contributed by atoms with Gasteiger partial charge in [0.2, 0.25) is 0 Å². The monoisotopic (exact) mass is 422 g/mol. The van der Waals surface area contributed by atoms with Crippen LogP contribution in [0.5, 0.6) is 17.2 Å². The van der Waals surface area contributed by atoms with Gasteiger partial charge in [-0.25, -0.2) is 0 Å². The van der Waals surface area contributed by atoms with Gasteiger partial charge in [0, 0.05) is 28.4 Å². The summed E-state index contributed by atoms with van der Waals surface area (Å²) in [6.07, 6.45) is 0.759. The van der Waals surface area contributed by atoms with Crippen LogP contribution in [0.15, 0.2) is 35.3 Å². The lowest BCUT2D eigenvalue weighted by molar-refractivity contribution is -0.0168. The van der Waals surface area contributed by atoms with Gasteiger partial charge in [-0.05, 0) is 36.2 Å². The first kappa shape index (κ1) is 20.6. The first-order valence-corrected chi connectivity index (χ1v) is 10.1. The minimum absolute atomic E-state index is 0.251. The molecule has 3 rings (SSSR count). The lowest BCUT2D eigenvalue weighted by Gasteiger charge is -2.21. The van der Waals surface area contributed by atoms with E-state index in [0.29, 0.717) is 40.6 Å². The quantitative estimate of drug-likeness (QED) is 0.536. The average molecular weight is 423 g/mol. The lowest BCUT2D eigenvalue weighted by atomic mass is 10.1. The van der Waals surface area contributed by atoms with Crippen molar-refractivity contribution in [2.75, 3.05) is 27.6 Å². The van der Waals surface area contributed by atoms with E-state index in [1.165, 1.54) is 11.8 Å². The first-order valence-electron chi connectivity index (χ1n) is 8.76. The molecule has 0 radical (unpaired) electrons. The molecule has 0 saturated carbocycles. The Morgan fingerprint density at radius 2 is 2.04 bits per heavy atom. The van der Waals surface area contributed by atoms with Crippen LogP contribution in [0, 0.1) is 0 Å². The maximum atomic E-state index is 6.19. The normalized spacial score (nSPS) is 13.6. The van der Waals surface area contributed by atoms with Gasteiger partial charge in [-0.1, -0.05) is 29.4 Å². The molecule has 28 heavy (non-hydrogen) atoms. The standard InChI is InChI=1S/C20H23ClN2O4S/c1-24-17-4-3-13(7-18(17)25-2)5-6-23-20(22)28-11-15-9-16(21)8-14-10-26-12-27-19(14)15/h3-4,7-9H,5-6,10-12H2,1-2H3,(H2,22,23). The molecule has 1 heterocycles. The Kier molecular flexibility index (Phi) is 7.30. The molecule has 0 spiro atoms. The Morgan fingerprint density at radius 3 is 2.82 bits per heavy atom. The summed E-state index contributed by atoms with van der Waals surface area (Å²) in [6.45, 7) is 1.34. The Labute approximate surface area is 174 Å². The van der Waals surface area contributed by atoms with Crippen molar-refractivity contribution in [2.45, 2.75) is 18.8 Å². The van der Waals surface area contributed by atoms with Crippen molar-refractivity contribution in [3.8, 4) is 17.2 Å². The van der Waals surface area contributed by atoms with Crippen molar-refractivity contribution in [3.05, 3.63) is 52.0 Å². The number of hydrogen-bond acceptors (Lipinski definition) is 6. The Hall–Kier alpha value is -2.09. The van der Waals surface area contributed by atoms with E-state index in [4.69, 9.17) is 36.3 Å². The van der Waals surface area contributed by atoms with Crippen LogP contribution >= 0.6 is 23.4 Å². The Bertz CT molecular complexity index is 860. The minimum atomic E-state index is 0.251. The molecule has 0 unspecified atom stereocenters. The molecule has 1 aliphatic heterocycles. The molecule has 0 aromatic heterocycles. The molecule has 1 aliphatic rings. The second-order valence-corrected chi connectivity index (χ2v) is 7.54. The van der Waals surface area contributed by atoms with E-state index in [0.717, 1.165) is 28.9 Å². The van der Waals surface area contributed by atoms with E-state index < -0.39 is 0 Å². The molecular weight excluding hydrogens is 400 g/mol. The van der Waals surface area contributed by atoms with Crippen LogP contribution in [0.1, 0.15) is 16.7 Å². The van der Waals surface area contributed by atoms with Crippen LogP contribution in [0.25, 0.3) is 0 Å². The van der Waals surface area contributed by atoms with Gasteiger partial charge in [-0.3, -0.25) is 4.99 Å². The van der Waals surface area contributed by atoms with Crippen molar-refractivity contribution < 1.29 is 18.9 Å². The van der Waals surface area contributed by atoms with Gasteiger partial charge in [0.1, 0.15) is 5.75 Å². The van der Waals surface area contributed by atoms with Gasteiger partial charge < -0.3 is 24.7 Å². The third kappa shape index (κ3) is 5.25. The number of methoxy groups -OCH3 is 2. The molecule has 2 aromatic carbocycles. The average Bonchev–Trinajstić information content (AvgIpc) is 2.71. The molecule has 0 fully saturated rings. The fraction of sp³-hybridized carbons (Fsp3) is 0.350. The highest BCUT2D eigenvalue weighted by Crippen LogP contribution is 2.34. The van der Waals surface area contributed by atoms with Gasteiger partial charge in [0.15, 0.2) is 23.5 Å². The predicted octanol–water partition coefficient (Wildman–Crippen LogP) is 4.01. The number of nitrogens with two attached hydrogens (primary N) is 1. The van der Waals surface area contributed by atoms with E-state index in [-0.39, 0.29) is 6.79 Å². The smallest absolute Gasteiger partial charge is 0.189 e. The zero-order valence-electron chi connectivity index (χ0n) is 15.9. The number of benzene rings is 2. The fourth-order valence-corrected chi connectivity index (χ4v) is 3.86. The number of amidine groups is 1. The van der Waals surface area contributed by atoms with Gasteiger partial charge in [0.25, 0.3) is 0 Å². The summed E-state index contributed by atoms with van der Waals surface area (Å²) in [7, 11) is 3.24. The number of rotatable bonds is 7. The molecule has 0 aliphatic carbocycles. The minimum Gasteiger partial charge on any atom is -0.493 e. The van der Waals surface area contributed by atoms with Crippen LogP contribution in [0.2, 0.25) is 5.02 Å². The highest BCUT2D eigenvalue weighted by Gasteiger charge is 2.16. The Morgan fingerprint density at radius 1 is 1.21 bits per heavy atom. The highest BCUT2D eigenvalue weighted by atomic mass is 35.5. The third-order valence-electron chi connectivity index (χ3n) is 4.24. The van der Waals surface area contributed by atoms with Crippen LogP contribution in [0.4, 0.5) is 0 Å². The van der Waals surface area contributed by atoms with Crippen LogP contribution < -0.4 is 19.9 Å². The molecule has 0 atom stereocenters. The topological polar surface area (TPSA) is 75.3 Å². The largest absolute Gasteiger partial charge is 0.493 e.